The lowest BCUT2D eigenvalue weighted by Gasteiger charge is -2.46. The first kappa shape index (κ1) is 16.7. The highest BCUT2D eigenvalue weighted by Gasteiger charge is 2.50. The molecule has 2 aliphatic rings. The summed E-state index contributed by atoms with van der Waals surface area (Å²) < 4.78 is 18.6. The predicted octanol–water partition coefficient (Wildman–Crippen LogP) is 5.26. The minimum absolute atomic E-state index is 0.0192. The molecule has 0 saturated heterocycles. The van der Waals surface area contributed by atoms with Crippen LogP contribution in [0.2, 0.25) is 0 Å². The summed E-state index contributed by atoms with van der Waals surface area (Å²) in [6.45, 7) is 4.58. The number of ether oxygens (including phenoxy) is 2. The minimum Gasteiger partial charge on any atom is -0.493 e. The van der Waals surface area contributed by atoms with E-state index in [1.165, 1.54) is 0 Å². The Hall–Kier alpha value is -3.27. The topological polar surface area (TPSA) is 48.7 Å². The summed E-state index contributed by atoms with van der Waals surface area (Å²) in [6, 6.07) is 19.7. The molecular weight excluding hydrogens is 364 g/mol. The van der Waals surface area contributed by atoms with Crippen molar-refractivity contribution in [3.63, 3.8) is 0 Å². The molecule has 0 bridgehead atoms. The zero-order valence-corrected chi connectivity index (χ0v) is 16.3. The lowest BCUT2D eigenvalue weighted by atomic mass is 9.70. The molecule has 1 aromatic heterocycles. The Morgan fingerprint density at radius 2 is 1.72 bits per heavy atom. The molecule has 4 aromatic rings. The Morgan fingerprint density at radius 3 is 2.62 bits per heavy atom. The van der Waals surface area contributed by atoms with Crippen LogP contribution in [-0.4, -0.2) is 12.2 Å². The molecular formula is C25H20O4. The van der Waals surface area contributed by atoms with Crippen LogP contribution >= 0.6 is 0 Å². The smallest absolute Gasteiger partial charge is 0.293 e. The van der Waals surface area contributed by atoms with Gasteiger partial charge in [0.05, 0.1) is 17.6 Å². The molecule has 0 radical (unpaired) electrons. The Labute approximate surface area is 167 Å². The first-order valence-electron chi connectivity index (χ1n) is 9.94. The van der Waals surface area contributed by atoms with Gasteiger partial charge in [0.1, 0.15) is 16.9 Å². The average molecular weight is 384 g/mol. The predicted molar refractivity (Wildman–Crippen MR) is 112 cm³/mol. The maximum absolute atomic E-state index is 13.7. The van der Waals surface area contributed by atoms with Crippen molar-refractivity contribution in [3.8, 4) is 11.7 Å². The zero-order chi connectivity index (χ0) is 19.8. The maximum atomic E-state index is 13.7. The van der Waals surface area contributed by atoms with Gasteiger partial charge in [-0.3, -0.25) is 4.79 Å². The molecule has 0 amide bonds. The summed E-state index contributed by atoms with van der Waals surface area (Å²) in [6.07, 6.45) is 0. The van der Waals surface area contributed by atoms with Crippen molar-refractivity contribution in [2.75, 3.05) is 6.61 Å². The van der Waals surface area contributed by atoms with Gasteiger partial charge in [-0.15, -0.1) is 0 Å². The minimum atomic E-state index is -0.528. The summed E-state index contributed by atoms with van der Waals surface area (Å²) in [5.74, 6) is 1.06. The third kappa shape index (κ3) is 2.23. The second kappa shape index (κ2) is 5.63. The number of rotatable bonds is 0. The lowest BCUT2D eigenvalue weighted by Crippen LogP contribution is -2.50. The van der Waals surface area contributed by atoms with Crippen LogP contribution in [0, 0.1) is 5.92 Å². The fourth-order valence-corrected chi connectivity index (χ4v) is 4.90. The summed E-state index contributed by atoms with van der Waals surface area (Å²) in [7, 11) is 0. The molecule has 0 N–H and O–H groups in total. The van der Waals surface area contributed by atoms with E-state index < -0.39 is 5.60 Å². The molecule has 144 valence electrons. The summed E-state index contributed by atoms with van der Waals surface area (Å²) in [4.78, 5) is 13.7. The Morgan fingerprint density at radius 1 is 0.931 bits per heavy atom. The Kier molecular flexibility index (Phi) is 3.24. The van der Waals surface area contributed by atoms with Crippen LogP contribution in [-0.2, 0) is 0 Å². The monoisotopic (exact) mass is 384 g/mol. The molecule has 0 aliphatic carbocycles. The first-order valence-corrected chi connectivity index (χ1v) is 9.94. The molecule has 6 rings (SSSR count). The van der Waals surface area contributed by atoms with E-state index in [4.69, 9.17) is 13.9 Å². The standard InChI is InChI=1S/C25H20O4/c1-25(2)18-13-27-19-10-6-5-9-16(19)20(18)21-22(26)17-12-11-14-7-3-4-8-15(14)23(17)28-24(21)29-25/h3-12,18,20H,13H2,1-2H3/t18-,20+/m1/s1. The zero-order valence-electron chi connectivity index (χ0n) is 16.3. The van der Waals surface area contributed by atoms with Crippen molar-refractivity contribution in [2.24, 2.45) is 5.92 Å². The van der Waals surface area contributed by atoms with Gasteiger partial charge >= 0.3 is 0 Å². The van der Waals surface area contributed by atoms with E-state index in [2.05, 4.69) is 0 Å². The van der Waals surface area contributed by atoms with Gasteiger partial charge in [0.15, 0.2) is 0 Å². The van der Waals surface area contributed by atoms with Crippen LogP contribution in [0.5, 0.6) is 11.7 Å². The number of hydrogen-bond acceptors (Lipinski definition) is 4. The number of hydrogen-bond donors (Lipinski definition) is 0. The molecule has 0 fully saturated rings. The highest BCUT2D eigenvalue weighted by molar-refractivity contribution is 6.04. The van der Waals surface area contributed by atoms with E-state index in [1.807, 2.05) is 74.5 Å². The molecule has 0 unspecified atom stereocenters. The van der Waals surface area contributed by atoms with E-state index in [0.29, 0.717) is 29.1 Å². The molecule has 4 heteroatoms. The van der Waals surface area contributed by atoms with E-state index in [9.17, 15) is 4.79 Å². The first-order chi connectivity index (χ1) is 14.0. The Bertz CT molecular complexity index is 1350. The Balaban J connectivity index is 1.72. The molecule has 3 aromatic carbocycles. The summed E-state index contributed by atoms with van der Waals surface area (Å²) in [5.41, 5.74) is 1.66. The average Bonchev–Trinajstić information content (AvgIpc) is 2.73. The molecule has 29 heavy (non-hydrogen) atoms. The van der Waals surface area contributed by atoms with Gasteiger partial charge in [-0.2, -0.15) is 0 Å². The van der Waals surface area contributed by atoms with Crippen molar-refractivity contribution >= 4 is 21.7 Å². The molecule has 2 atom stereocenters. The van der Waals surface area contributed by atoms with Gasteiger partial charge in [-0.05, 0) is 31.4 Å². The molecule has 0 saturated carbocycles. The fourth-order valence-electron chi connectivity index (χ4n) is 4.90. The van der Waals surface area contributed by atoms with E-state index in [0.717, 1.165) is 22.1 Å². The molecule has 0 spiro atoms. The number of para-hydroxylation sites is 1. The van der Waals surface area contributed by atoms with Crippen LogP contribution in [0.15, 0.2) is 69.9 Å². The van der Waals surface area contributed by atoms with Crippen LogP contribution in [0.4, 0.5) is 0 Å². The highest BCUT2D eigenvalue weighted by Crippen LogP contribution is 2.52. The van der Waals surface area contributed by atoms with Gasteiger partial charge < -0.3 is 13.9 Å². The van der Waals surface area contributed by atoms with Gasteiger partial charge in [0.25, 0.3) is 5.95 Å². The van der Waals surface area contributed by atoms with Crippen molar-refractivity contribution in [1.29, 1.82) is 0 Å². The quantitative estimate of drug-likeness (QED) is 0.388. The third-order valence-electron chi connectivity index (χ3n) is 6.42. The van der Waals surface area contributed by atoms with Gasteiger partial charge in [-0.1, -0.05) is 48.5 Å². The lowest BCUT2D eigenvalue weighted by molar-refractivity contribution is -0.0317. The van der Waals surface area contributed by atoms with Crippen LogP contribution in [0.3, 0.4) is 0 Å². The van der Waals surface area contributed by atoms with Crippen molar-refractivity contribution in [3.05, 3.63) is 82.0 Å². The summed E-state index contributed by atoms with van der Waals surface area (Å²) in [5, 5.41) is 2.54. The van der Waals surface area contributed by atoms with Gasteiger partial charge in [0.2, 0.25) is 5.43 Å². The summed E-state index contributed by atoms with van der Waals surface area (Å²) >= 11 is 0. The highest BCUT2D eigenvalue weighted by atomic mass is 16.6. The van der Waals surface area contributed by atoms with Crippen LogP contribution in [0.1, 0.15) is 30.9 Å². The van der Waals surface area contributed by atoms with Gasteiger partial charge in [-0.25, -0.2) is 0 Å². The molecule has 4 nitrogen and oxygen atoms in total. The van der Waals surface area contributed by atoms with Gasteiger partial charge in [0, 0.05) is 22.8 Å². The molecule has 3 heterocycles. The number of fused-ring (bicyclic) bond motifs is 8. The van der Waals surface area contributed by atoms with Crippen molar-refractivity contribution in [2.45, 2.75) is 25.4 Å². The van der Waals surface area contributed by atoms with Crippen molar-refractivity contribution in [1.82, 2.24) is 0 Å². The van der Waals surface area contributed by atoms with Crippen molar-refractivity contribution < 1.29 is 13.9 Å². The van der Waals surface area contributed by atoms with E-state index in [1.54, 1.807) is 0 Å². The van der Waals surface area contributed by atoms with E-state index >= 15 is 0 Å². The maximum Gasteiger partial charge on any atom is 0.293 e. The number of benzene rings is 3. The second-order valence-electron chi connectivity index (χ2n) is 8.43. The largest absolute Gasteiger partial charge is 0.493 e. The fraction of sp³-hybridized carbons (Fsp3) is 0.240. The normalized spacial score (nSPS) is 21.6. The SMILES string of the molecule is CC1(C)Oc2oc3c(ccc4ccccc43)c(=O)c2[C@H]2c3ccccc3OC[C@H]21. The van der Waals surface area contributed by atoms with Crippen LogP contribution < -0.4 is 14.9 Å². The second-order valence-corrected chi connectivity index (χ2v) is 8.43. The molecule has 2 aliphatic heterocycles. The van der Waals surface area contributed by atoms with E-state index in [-0.39, 0.29) is 17.3 Å². The third-order valence-corrected chi connectivity index (χ3v) is 6.42. The van der Waals surface area contributed by atoms with Crippen LogP contribution in [0.25, 0.3) is 21.7 Å².